The molecule has 98 valence electrons. The van der Waals surface area contributed by atoms with Gasteiger partial charge in [0.1, 0.15) is 0 Å². The number of rotatable bonds is 3. The summed E-state index contributed by atoms with van der Waals surface area (Å²) in [5, 5.41) is 0. The van der Waals surface area contributed by atoms with E-state index in [1.807, 2.05) is 6.92 Å². The third kappa shape index (κ3) is 2.25. The number of likely N-dealkylation sites (tertiary alicyclic amines) is 1. The third-order valence-corrected chi connectivity index (χ3v) is 3.93. The summed E-state index contributed by atoms with van der Waals surface area (Å²) in [6.45, 7) is 5.45. The number of nitrogens with zero attached hydrogens (tertiary/aromatic N) is 1. The van der Waals surface area contributed by atoms with Crippen molar-refractivity contribution >= 4 is 12.1 Å². The Morgan fingerprint density at radius 1 is 1.39 bits per heavy atom. The highest BCUT2D eigenvalue weighted by molar-refractivity contribution is 5.97. The van der Waals surface area contributed by atoms with E-state index in [0.29, 0.717) is 17.2 Å². The number of H-pyrrole nitrogens is 1. The Kier molecular flexibility index (Phi) is 3.66. The fourth-order valence-corrected chi connectivity index (χ4v) is 2.76. The minimum Gasteiger partial charge on any atom is -0.355 e. The highest BCUT2D eigenvalue weighted by atomic mass is 16.1. The molecular formula is C14H20N2O2. The molecule has 0 unspecified atom stereocenters. The van der Waals surface area contributed by atoms with Crippen LogP contribution in [0.3, 0.4) is 0 Å². The number of carbonyl (C=O) groups is 2. The molecule has 0 amide bonds. The predicted molar refractivity (Wildman–Crippen MR) is 70.4 cm³/mol. The van der Waals surface area contributed by atoms with Gasteiger partial charge in [0.05, 0.1) is 5.69 Å². The lowest BCUT2D eigenvalue weighted by molar-refractivity contribution is 0.101. The Bertz CT molecular complexity index is 468. The number of aromatic nitrogens is 1. The van der Waals surface area contributed by atoms with Crippen LogP contribution in [0.15, 0.2) is 0 Å². The van der Waals surface area contributed by atoms with E-state index in [4.69, 9.17) is 0 Å². The molecule has 1 saturated heterocycles. The molecule has 18 heavy (non-hydrogen) atoms. The summed E-state index contributed by atoms with van der Waals surface area (Å²) >= 11 is 0. The Hall–Kier alpha value is -1.42. The van der Waals surface area contributed by atoms with Crippen molar-refractivity contribution in [2.75, 3.05) is 20.1 Å². The van der Waals surface area contributed by atoms with E-state index in [1.165, 1.54) is 6.92 Å². The molecule has 1 aliphatic heterocycles. The number of piperidine rings is 1. The smallest absolute Gasteiger partial charge is 0.176 e. The van der Waals surface area contributed by atoms with Gasteiger partial charge in [-0.3, -0.25) is 9.59 Å². The van der Waals surface area contributed by atoms with Crippen LogP contribution >= 0.6 is 0 Å². The molecule has 1 N–H and O–H groups in total. The second kappa shape index (κ2) is 5.06. The van der Waals surface area contributed by atoms with Gasteiger partial charge in [-0.1, -0.05) is 0 Å². The number of aromatic amines is 1. The van der Waals surface area contributed by atoms with Crippen molar-refractivity contribution in [1.29, 1.82) is 0 Å². The van der Waals surface area contributed by atoms with Gasteiger partial charge in [-0.25, -0.2) is 0 Å². The number of ketones is 1. The molecule has 1 aromatic heterocycles. The van der Waals surface area contributed by atoms with E-state index < -0.39 is 0 Å². The van der Waals surface area contributed by atoms with Crippen LogP contribution in [0.25, 0.3) is 0 Å². The van der Waals surface area contributed by atoms with Crippen LogP contribution in [0, 0.1) is 6.92 Å². The second-order valence-electron chi connectivity index (χ2n) is 5.20. The molecule has 2 rings (SSSR count). The van der Waals surface area contributed by atoms with E-state index in [9.17, 15) is 9.59 Å². The normalized spacial score (nSPS) is 17.9. The van der Waals surface area contributed by atoms with Gasteiger partial charge in [0.25, 0.3) is 0 Å². The summed E-state index contributed by atoms with van der Waals surface area (Å²) in [7, 11) is 2.11. The fourth-order valence-electron chi connectivity index (χ4n) is 2.76. The van der Waals surface area contributed by atoms with Crippen molar-refractivity contribution in [3.63, 3.8) is 0 Å². The Morgan fingerprint density at radius 3 is 2.50 bits per heavy atom. The Morgan fingerprint density at radius 2 is 2.00 bits per heavy atom. The number of aldehydes is 1. The predicted octanol–water partition coefficient (Wildman–Crippen LogP) is 2.15. The van der Waals surface area contributed by atoms with Crippen molar-refractivity contribution in [2.24, 2.45) is 0 Å². The molecule has 0 bridgehead atoms. The third-order valence-electron chi connectivity index (χ3n) is 3.93. The van der Waals surface area contributed by atoms with E-state index in [0.717, 1.165) is 43.5 Å². The van der Waals surface area contributed by atoms with Crippen molar-refractivity contribution in [3.05, 3.63) is 22.5 Å². The maximum Gasteiger partial charge on any atom is 0.176 e. The Labute approximate surface area is 107 Å². The van der Waals surface area contributed by atoms with Crippen LogP contribution < -0.4 is 0 Å². The largest absolute Gasteiger partial charge is 0.355 e. The Balaban J connectivity index is 2.35. The first-order valence-corrected chi connectivity index (χ1v) is 6.41. The summed E-state index contributed by atoms with van der Waals surface area (Å²) in [6, 6.07) is 0. The average molecular weight is 248 g/mol. The molecule has 0 aromatic carbocycles. The lowest BCUT2D eigenvalue weighted by Crippen LogP contribution is -2.29. The lowest BCUT2D eigenvalue weighted by Gasteiger charge is -2.28. The first-order chi connectivity index (χ1) is 8.54. The SMILES string of the molecule is CC(=O)c1[nH]c(C2CCN(C)CC2)c(C=O)c1C. The summed E-state index contributed by atoms with van der Waals surface area (Å²) in [6.07, 6.45) is 2.95. The molecule has 0 atom stereocenters. The van der Waals surface area contributed by atoms with Gasteiger partial charge in [0.2, 0.25) is 0 Å². The van der Waals surface area contributed by atoms with Crippen LogP contribution in [-0.4, -0.2) is 42.1 Å². The van der Waals surface area contributed by atoms with Gasteiger partial charge in [-0.05, 0) is 45.5 Å². The second-order valence-corrected chi connectivity index (χ2v) is 5.20. The van der Waals surface area contributed by atoms with Gasteiger partial charge in [-0.15, -0.1) is 0 Å². The topological polar surface area (TPSA) is 53.2 Å². The zero-order valence-electron chi connectivity index (χ0n) is 11.2. The number of carbonyl (C=O) groups excluding carboxylic acids is 2. The quantitative estimate of drug-likeness (QED) is 0.658. The van der Waals surface area contributed by atoms with Crippen LogP contribution in [-0.2, 0) is 0 Å². The van der Waals surface area contributed by atoms with Gasteiger partial charge >= 0.3 is 0 Å². The molecule has 1 fully saturated rings. The molecule has 0 radical (unpaired) electrons. The lowest BCUT2D eigenvalue weighted by atomic mass is 9.91. The molecule has 0 aliphatic carbocycles. The van der Waals surface area contributed by atoms with Crippen LogP contribution in [0.1, 0.15) is 57.8 Å². The number of nitrogens with one attached hydrogen (secondary N) is 1. The van der Waals surface area contributed by atoms with Crippen LogP contribution in [0.4, 0.5) is 0 Å². The zero-order valence-corrected chi connectivity index (χ0v) is 11.2. The number of hydrogen-bond acceptors (Lipinski definition) is 3. The van der Waals surface area contributed by atoms with E-state index >= 15 is 0 Å². The standard InChI is InChI=1S/C14H20N2O2/c1-9-12(8-17)14(15-13(9)10(2)18)11-4-6-16(3)7-5-11/h8,11,15H,4-7H2,1-3H3. The van der Waals surface area contributed by atoms with Crippen molar-refractivity contribution < 1.29 is 9.59 Å². The first kappa shape index (κ1) is 13.0. The molecule has 0 spiro atoms. The molecule has 0 saturated carbocycles. The summed E-state index contributed by atoms with van der Waals surface area (Å²) in [4.78, 5) is 28.3. The highest BCUT2D eigenvalue weighted by Crippen LogP contribution is 2.31. The van der Waals surface area contributed by atoms with Crippen molar-refractivity contribution in [2.45, 2.75) is 32.6 Å². The molecule has 1 aromatic rings. The molecular weight excluding hydrogens is 228 g/mol. The van der Waals surface area contributed by atoms with Crippen molar-refractivity contribution in [1.82, 2.24) is 9.88 Å². The van der Waals surface area contributed by atoms with E-state index in [1.54, 1.807) is 0 Å². The minimum atomic E-state index is -0.00484. The van der Waals surface area contributed by atoms with Gasteiger partial charge in [0, 0.05) is 24.1 Å². The molecule has 4 nitrogen and oxygen atoms in total. The minimum absolute atomic E-state index is 0.00484. The van der Waals surface area contributed by atoms with E-state index in [2.05, 4.69) is 16.9 Å². The summed E-state index contributed by atoms with van der Waals surface area (Å²) in [5.74, 6) is 0.364. The summed E-state index contributed by atoms with van der Waals surface area (Å²) in [5.41, 5.74) is 3.04. The van der Waals surface area contributed by atoms with Crippen LogP contribution in [0.5, 0.6) is 0 Å². The number of Topliss-reactive ketones (excluding diaryl/α,β-unsaturated/α-hetero) is 1. The molecule has 2 heterocycles. The zero-order chi connectivity index (χ0) is 13.3. The van der Waals surface area contributed by atoms with Crippen LogP contribution in [0.2, 0.25) is 0 Å². The molecule has 4 heteroatoms. The monoisotopic (exact) mass is 248 g/mol. The highest BCUT2D eigenvalue weighted by Gasteiger charge is 2.25. The van der Waals surface area contributed by atoms with Gasteiger partial charge in [-0.2, -0.15) is 0 Å². The average Bonchev–Trinajstić information content (AvgIpc) is 2.67. The maximum atomic E-state index is 11.5. The number of hydrogen-bond donors (Lipinski definition) is 1. The van der Waals surface area contributed by atoms with Gasteiger partial charge in [0.15, 0.2) is 12.1 Å². The van der Waals surface area contributed by atoms with Gasteiger partial charge < -0.3 is 9.88 Å². The fraction of sp³-hybridized carbons (Fsp3) is 0.571. The molecule has 1 aliphatic rings. The maximum absolute atomic E-state index is 11.5. The summed E-state index contributed by atoms with van der Waals surface area (Å²) < 4.78 is 0. The van der Waals surface area contributed by atoms with E-state index in [-0.39, 0.29) is 5.78 Å². The van der Waals surface area contributed by atoms with Crippen molar-refractivity contribution in [3.8, 4) is 0 Å². The first-order valence-electron chi connectivity index (χ1n) is 6.41.